The molecule has 10 heteroatoms. The topological polar surface area (TPSA) is 78.6 Å². The Hall–Kier alpha value is -2.45. The van der Waals surface area contributed by atoms with Gasteiger partial charge in [0, 0.05) is 12.0 Å². The normalized spacial score (nSPS) is 30.5. The molecule has 2 aromatic rings. The van der Waals surface area contributed by atoms with Crippen LogP contribution in [0.3, 0.4) is 0 Å². The summed E-state index contributed by atoms with van der Waals surface area (Å²) in [4.78, 5) is 0. The van der Waals surface area contributed by atoms with Crippen LogP contribution in [0, 0.1) is 29.8 Å². The second kappa shape index (κ2) is 7.67. The summed E-state index contributed by atoms with van der Waals surface area (Å²) in [6, 6.07) is 1.10. The quantitative estimate of drug-likeness (QED) is 0.603. The molecular formula is C20H20F3N3O4. The molecule has 1 N–H and O–H groups in total. The van der Waals surface area contributed by atoms with Crippen LogP contribution in [0.15, 0.2) is 18.3 Å². The van der Waals surface area contributed by atoms with Crippen molar-refractivity contribution >= 4 is 0 Å². The van der Waals surface area contributed by atoms with Crippen molar-refractivity contribution in [1.82, 2.24) is 15.0 Å². The number of aromatic nitrogens is 3. The predicted molar refractivity (Wildman–Crippen MR) is 97.4 cm³/mol. The second-order valence-electron chi connectivity index (χ2n) is 7.70. The second-order valence-corrected chi connectivity index (χ2v) is 7.70. The monoisotopic (exact) mass is 423 g/mol. The summed E-state index contributed by atoms with van der Waals surface area (Å²) >= 11 is 0. The number of hydrogen-bond acceptors (Lipinski definition) is 6. The first-order valence-electron chi connectivity index (χ1n) is 9.36. The molecule has 1 aromatic carbocycles. The number of rotatable bonds is 3. The standard InChI is InChI=1S/C20H20F3N3O4/c1-4-5-13-18(27)17(19-14(29-13)9-28-20(2,3)30-19)26-8-12(24-25-26)10-6-7-11(21)16(23)15(10)22/h1,6-8,13-14,17-19,27H,5,9H2,2-3H3/t13-,14-,17-,18+,19+/m1/s1. The highest BCUT2D eigenvalue weighted by molar-refractivity contribution is 5.58. The molecule has 160 valence electrons. The van der Waals surface area contributed by atoms with E-state index >= 15 is 0 Å². The van der Waals surface area contributed by atoms with Crippen molar-refractivity contribution in [1.29, 1.82) is 0 Å². The number of nitrogens with zero attached hydrogens (tertiary/aromatic N) is 3. The lowest BCUT2D eigenvalue weighted by Crippen LogP contribution is -2.62. The minimum Gasteiger partial charge on any atom is -0.388 e. The lowest BCUT2D eigenvalue weighted by molar-refractivity contribution is -0.348. The summed E-state index contributed by atoms with van der Waals surface area (Å²) in [6.45, 7) is 3.66. The molecule has 2 aliphatic heterocycles. The molecular weight excluding hydrogens is 403 g/mol. The lowest BCUT2D eigenvalue weighted by atomic mass is 9.90. The van der Waals surface area contributed by atoms with Crippen LogP contribution in [0.1, 0.15) is 26.3 Å². The van der Waals surface area contributed by atoms with Gasteiger partial charge in [-0.2, -0.15) is 0 Å². The summed E-state index contributed by atoms with van der Waals surface area (Å²) in [5, 5.41) is 18.8. The van der Waals surface area contributed by atoms with Gasteiger partial charge in [0.2, 0.25) is 0 Å². The third kappa shape index (κ3) is 3.58. The Morgan fingerprint density at radius 3 is 2.80 bits per heavy atom. The van der Waals surface area contributed by atoms with Gasteiger partial charge in [0.25, 0.3) is 0 Å². The van der Waals surface area contributed by atoms with Gasteiger partial charge in [-0.1, -0.05) is 5.21 Å². The molecule has 0 radical (unpaired) electrons. The fourth-order valence-electron chi connectivity index (χ4n) is 3.80. The molecule has 4 rings (SSSR count). The van der Waals surface area contributed by atoms with Crippen molar-refractivity contribution in [2.24, 2.45) is 0 Å². The van der Waals surface area contributed by atoms with E-state index in [1.165, 1.54) is 10.9 Å². The Morgan fingerprint density at radius 1 is 1.30 bits per heavy atom. The molecule has 0 spiro atoms. The zero-order valence-electron chi connectivity index (χ0n) is 16.3. The number of aliphatic hydroxyl groups excluding tert-OH is 1. The molecule has 0 bridgehead atoms. The van der Waals surface area contributed by atoms with Crippen LogP contribution < -0.4 is 0 Å². The van der Waals surface area contributed by atoms with Gasteiger partial charge in [0.15, 0.2) is 23.2 Å². The molecule has 5 atom stereocenters. The average Bonchev–Trinajstić information content (AvgIpc) is 3.16. The van der Waals surface area contributed by atoms with E-state index in [9.17, 15) is 18.3 Å². The molecule has 0 amide bonds. The zero-order valence-corrected chi connectivity index (χ0v) is 16.3. The summed E-state index contributed by atoms with van der Waals surface area (Å²) < 4.78 is 59.9. The Morgan fingerprint density at radius 2 is 2.07 bits per heavy atom. The largest absolute Gasteiger partial charge is 0.388 e. The number of hydrogen-bond donors (Lipinski definition) is 1. The average molecular weight is 423 g/mol. The lowest BCUT2D eigenvalue weighted by Gasteiger charge is -2.50. The SMILES string of the molecule is C#CC[C@H]1O[C@@H]2COC(C)(C)O[C@@H]2[C@H](n2cc(-c3ccc(F)c(F)c3F)nn2)[C@H]1O. The van der Waals surface area contributed by atoms with Crippen LogP contribution in [0.25, 0.3) is 11.3 Å². The fraction of sp³-hybridized carbons (Fsp3) is 0.500. The zero-order chi connectivity index (χ0) is 21.6. The summed E-state index contributed by atoms with van der Waals surface area (Å²) in [5.41, 5.74) is -0.284. The molecule has 2 aliphatic rings. The molecule has 2 saturated heterocycles. The van der Waals surface area contributed by atoms with Crippen molar-refractivity contribution in [3.8, 4) is 23.6 Å². The molecule has 30 heavy (non-hydrogen) atoms. The molecule has 0 unspecified atom stereocenters. The van der Waals surface area contributed by atoms with E-state index < -0.39 is 53.7 Å². The van der Waals surface area contributed by atoms with E-state index in [-0.39, 0.29) is 24.3 Å². The molecule has 7 nitrogen and oxygen atoms in total. The first-order valence-corrected chi connectivity index (χ1v) is 9.36. The predicted octanol–water partition coefficient (Wildman–Crippen LogP) is 2.21. The molecule has 2 fully saturated rings. The van der Waals surface area contributed by atoms with E-state index in [4.69, 9.17) is 20.6 Å². The van der Waals surface area contributed by atoms with E-state index in [0.29, 0.717) is 0 Å². The van der Waals surface area contributed by atoms with Gasteiger partial charge in [0.1, 0.15) is 30.0 Å². The van der Waals surface area contributed by atoms with Gasteiger partial charge in [-0.15, -0.1) is 17.4 Å². The van der Waals surface area contributed by atoms with Gasteiger partial charge in [-0.25, -0.2) is 17.9 Å². The highest BCUT2D eigenvalue weighted by Crippen LogP contribution is 2.39. The van der Waals surface area contributed by atoms with E-state index in [1.807, 2.05) is 0 Å². The number of terminal acetylenes is 1. The van der Waals surface area contributed by atoms with Gasteiger partial charge in [-0.3, -0.25) is 0 Å². The van der Waals surface area contributed by atoms with Gasteiger partial charge >= 0.3 is 0 Å². The summed E-state index contributed by atoms with van der Waals surface area (Å²) in [6.07, 6.45) is 3.86. The van der Waals surface area contributed by atoms with Gasteiger partial charge in [-0.05, 0) is 26.0 Å². The van der Waals surface area contributed by atoms with Crippen LogP contribution in [0.5, 0.6) is 0 Å². The maximum absolute atomic E-state index is 14.2. The Bertz CT molecular complexity index is 990. The minimum atomic E-state index is -1.60. The van der Waals surface area contributed by atoms with Crippen LogP contribution in [-0.2, 0) is 14.2 Å². The van der Waals surface area contributed by atoms with Crippen molar-refractivity contribution < 1.29 is 32.5 Å². The molecule has 0 aliphatic carbocycles. The summed E-state index contributed by atoms with van der Waals surface area (Å²) in [5.74, 6) is -2.75. The first-order chi connectivity index (χ1) is 14.2. The third-order valence-electron chi connectivity index (χ3n) is 5.24. The molecule has 1 aromatic heterocycles. The minimum absolute atomic E-state index is 0.0264. The van der Waals surface area contributed by atoms with Crippen LogP contribution in [0.2, 0.25) is 0 Å². The third-order valence-corrected chi connectivity index (χ3v) is 5.24. The van der Waals surface area contributed by atoms with Crippen molar-refractivity contribution in [3.63, 3.8) is 0 Å². The highest BCUT2D eigenvalue weighted by atomic mass is 19.2. The number of fused-ring (bicyclic) bond motifs is 1. The van der Waals surface area contributed by atoms with Crippen LogP contribution in [-0.4, -0.2) is 56.9 Å². The highest BCUT2D eigenvalue weighted by Gasteiger charge is 2.51. The van der Waals surface area contributed by atoms with Crippen molar-refractivity contribution in [2.45, 2.75) is 56.5 Å². The fourth-order valence-corrected chi connectivity index (χ4v) is 3.80. The molecule has 3 heterocycles. The maximum Gasteiger partial charge on any atom is 0.195 e. The van der Waals surface area contributed by atoms with Crippen molar-refractivity contribution in [3.05, 3.63) is 35.8 Å². The Balaban J connectivity index is 1.72. The number of aliphatic hydroxyl groups is 1. The summed E-state index contributed by atoms with van der Waals surface area (Å²) in [7, 11) is 0. The Labute approximate surface area is 170 Å². The van der Waals surface area contributed by atoms with Crippen LogP contribution >= 0.6 is 0 Å². The van der Waals surface area contributed by atoms with Crippen molar-refractivity contribution in [2.75, 3.05) is 6.61 Å². The van der Waals surface area contributed by atoms with Gasteiger partial charge < -0.3 is 19.3 Å². The number of halogens is 3. The maximum atomic E-state index is 14.2. The van der Waals surface area contributed by atoms with Crippen LogP contribution in [0.4, 0.5) is 13.2 Å². The van der Waals surface area contributed by atoms with E-state index in [2.05, 4.69) is 16.2 Å². The number of ether oxygens (including phenoxy) is 3. The first kappa shape index (κ1) is 20.8. The van der Waals surface area contributed by atoms with E-state index in [0.717, 1.165) is 12.1 Å². The smallest absolute Gasteiger partial charge is 0.195 e. The van der Waals surface area contributed by atoms with E-state index in [1.54, 1.807) is 13.8 Å². The van der Waals surface area contributed by atoms with Gasteiger partial charge in [0.05, 0.1) is 18.9 Å². The molecule has 0 saturated carbocycles. The Kier molecular flexibility index (Phi) is 5.32. The number of benzene rings is 1.